The fourth-order valence-electron chi connectivity index (χ4n) is 2.93. The summed E-state index contributed by atoms with van der Waals surface area (Å²) in [5.74, 6) is 1.92. The van der Waals surface area contributed by atoms with Crippen molar-refractivity contribution in [3.63, 3.8) is 0 Å². The largest absolute Gasteiger partial charge is 0.361 e. The first kappa shape index (κ1) is 16.8. The van der Waals surface area contributed by atoms with Gasteiger partial charge in [-0.2, -0.15) is 0 Å². The van der Waals surface area contributed by atoms with Crippen LogP contribution < -0.4 is 5.32 Å². The summed E-state index contributed by atoms with van der Waals surface area (Å²) in [6, 6.07) is 0. The van der Waals surface area contributed by atoms with Gasteiger partial charge in [-0.25, -0.2) is 0 Å². The Labute approximate surface area is 134 Å². The van der Waals surface area contributed by atoms with E-state index in [-0.39, 0.29) is 5.54 Å². The predicted octanol–water partition coefficient (Wildman–Crippen LogP) is 2.92. The monoisotopic (exact) mass is 306 g/mol. The molecule has 5 heteroatoms. The second kappa shape index (κ2) is 5.94. The van der Waals surface area contributed by atoms with Crippen LogP contribution in [0.5, 0.6) is 0 Å². The van der Waals surface area contributed by atoms with Gasteiger partial charge in [0.15, 0.2) is 5.96 Å². The van der Waals surface area contributed by atoms with E-state index in [1.807, 2.05) is 13.8 Å². The van der Waals surface area contributed by atoms with E-state index in [2.05, 4.69) is 50.0 Å². The van der Waals surface area contributed by atoms with Gasteiger partial charge in [-0.15, -0.1) is 0 Å². The number of hydrogen-bond donors (Lipinski definition) is 1. The number of aromatic nitrogens is 1. The lowest BCUT2D eigenvalue weighted by Gasteiger charge is -2.62. The minimum atomic E-state index is 0.122. The summed E-state index contributed by atoms with van der Waals surface area (Å²) in [6.07, 6.45) is 0.869. The minimum absolute atomic E-state index is 0.122. The molecule has 0 radical (unpaired) electrons. The first-order valence-corrected chi connectivity index (χ1v) is 8.18. The predicted molar refractivity (Wildman–Crippen MR) is 90.2 cm³/mol. The van der Waals surface area contributed by atoms with E-state index in [1.165, 1.54) is 5.56 Å². The maximum atomic E-state index is 5.22. The van der Waals surface area contributed by atoms with Gasteiger partial charge < -0.3 is 14.7 Å². The molecular weight excluding hydrogens is 276 g/mol. The van der Waals surface area contributed by atoms with Gasteiger partial charge in [0.2, 0.25) is 0 Å². The topological polar surface area (TPSA) is 53.7 Å². The zero-order chi connectivity index (χ0) is 16.5. The summed E-state index contributed by atoms with van der Waals surface area (Å²) in [6.45, 7) is 17.9. The third-order valence-corrected chi connectivity index (χ3v) is 5.28. The maximum Gasteiger partial charge on any atom is 0.194 e. The minimum Gasteiger partial charge on any atom is -0.361 e. The number of likely N-dealkylation sites (tertiary alicyclic amines) is 1. The summed E-state index contributed by atoms with van der Waals surface area (Å²) in [5, 5.41) is 7.43. The van der Waals surface area contributed by atoms with Crippen LogP contribution in [0.4, 0.5) is 0 Å². The molecule has 2 rings (SSSR count). The van der Waals surface area contributed by atoms with Gasteiger partial charge >= 0.3 is 0 Å². The number of nitrogens with one attached hydrogen (secondary N) is 1. The highest BCUT2D eigenvalue weighted by atomic mass is 16.5. The van der Waals surface area contributed by atoms with Crippen LogP contribution >= 0.6 is 0 Å². The van der Waals surface area contributed by atoms with Gasteiger partial charge in [0.05, 0.1) is 5.69 Å². The number of rotatable bonds is 4. The van der Waals surface area contributed by atoms with Crippen molar-refractivity contribution in [1.82, 2.24) is 15.4 Å². The van der Waals surface area contributed by atoms with Gasteiger partial charge in [0.25, 0.3) is 0 Å². The number of aryl methyl sites for hydroxylation is 2. The summed E-state index contributed by atoms with van der Waals surface area (Å²) < 4.78 is 5.22. The van der Waals surface area contributed by atoms with Gasteiger partial charge in [0, 0.05) is 36.2 Å². The Bertz CT molecular complexity index is 538. The highest BCUT2D eigenvalue weighted by Crippen LogP contribution is 2.46. The quantitative estimate of drug-likeness (QED) is 0.686. The van der Waals surface area contributed by atoms with Gasteiger partial charge in [-0.1, -0.05) is 19.0 Å². The summed E-state index contributed by atoms with van der Waals surface area (Å²) >= 11 is 0. The number of guanidine groups is 1. The molecule has 1 aliphatic heterocycles. The molecule has 5 nitrogen and oxygen atoms in total. The molecule has 0 aliphatic carbocycles. The van der Waals surface area contributed by atoms with Gasteiger partial charge in [0.1, 0.15) is 5.76 Å². The third-order valence-electron chi connectivity index (χ3n) is 5.28. The van der Waals surface area contributed by atoms with Crippen molar-refractivity contribution in [3.8, 4) is 0 Å². The SMILES string of the molecule is CCNC(=NCCc1c(C)noc1C)N1CC(C)(C)C1(C)C. The molecule has 1 N–H and O–H groups in total. The van der Waals surface area contributed by atoms with E-state index in [0.717, 1.165) is 43.5 Å². The molecular formula is C17H30N4O. The molecule has 0 spiro atoms. The van der Waals surface area contributed by atoms with E-state index < -0.39 is 0 Å². The molecule has 0 atom stereocenters. The molecule has 1 fully saturated rings. The van der Waals surface area contributed by atoms with E-state index >= 15 is 0 Å². The lowest BCUT2D eigenvalue weighted by atomic mass is 9.65. The summed E-state index contributed by atoms with van der Waals surface area (Å²) in [4.78, 5) is 7.19. The summed E-state index contributed by atoms with van der Waals surface area (Å²) in [7, 11) is 0. The van der Waals surface area contributed by atoms with Crippen LogP contribution in [-0.2, 0) is 6.42 Å². The van der Waals surface area contributed by atoms with Crippen LogP contribution in [0.25, 0.3) is 0 Å². The highest BCUT2D eigenvalue weighted by Gasteiger charge is 2.53. The molecule has 0 aromatic carbocycles. The van der Waals surface area contributed by atoms with Crippen LogP contribution in [0.1, 0.15) is 51.6 Å². The van der Waals surface area contributed by atoms with Crippen molar-refractivity contribution >= 4 is 5.96 Å². The van der Waals surface area contributed by atoms with Crippen molar-refractivity contribution in [2.75, 3.05) is 19.6 Å². The maximum absolute atomic E-state index is 5.22. The number of aliphatic imine (C=N–C) groups is 1. The second-order valence-electron chi connectivity index (χ2n) is 7.32. The van der Waals surface area contributed by atoms with Gasteiger partial charge in [-0.3, -0.25) is 4.99 Å². The van der Waals surface area contributed by atoms with Crippen LogP contribution in [0, 0.1) is 19.3 Å². The van der Waals surface area contributed by atoms with Crippen LogP contribution in [-0.4, -0.2) is 41.2 Å². The zero-order valence-electron chi connectivity index (χ0n) is 15.1. The molecule has 22 heavy (non-hydrogen) atoms. The van der Waals surface area contributed by atoms with Crippen molar-refractivity contribution in [2.45, 2.75) is 60.4 Å². The van der Waals surface area contributed by atoms with Crippen molar-refractivity contribution in [2.24, 2.45) is 10.4 Å². The first-order chi connectivity index (χ1) is 10.2. The Morgan fingerprint density at radius 3 is 2.45 bits per heavy atom. The van der Waals surface area contributed by atoms with E-state index in [0.29, 0.717) is 5.41 Å². The summed E-state index contributed by atoms with van der Waals surface area (Å²) in [5.41, 5.74) is 2.59. The Morgan fingerprint density at radius 2 is 2.00 bits per heavy atom. The molecule has 0 bridgehead atoms. The standard InChI is InChI=1S/C17H30N4O/c1-8-18-15(21-11-16(4,5)17(21,6)7)19-10-9-14-12(2)20-22-13(14)3/h8-11H2,1-7H3,(H,18,19). The van der Waals surface area contributed by atoms with E-state index in [1.54, 1.807) is 0 Å². The Balaban J connectivity index is 2.06. The van der Waals surface area contributed by atoms with Crippen LogP contribution in [0.15, 0.2) is 9.52 Å². The van der Waals surface area contributed by atoms with Crippen LogP contribution in [0.2, 0.25) is 0 Å². The highest BCUT2D eigenvalue weighted by molar-refractivity contribution is 5.82. The molecule has 0 saturated carbocycles. The number of nitrogens with zero attached hydrogens (tertiary/aromatic N) is 3. The Morgan fingerprint density at radius 1 is 1.32 bits per heavy atom. The van der Waals surface area contributed by atoms with Crippen molar-refractivity contribution < 1.29 is 4.52 Å². The molecule has 124 valence electrons. The van der Waals surface area contributed by atoms with Crippen LogP contribution in [0.3, 0.4) is 0 Å². The smallest absolute Gasteiger partial charge is 0.194 e. The molecule has 1 aromatic heterocycles. The molecule has 0 unspecified atom stereocenters. The van der Waals surface area contributed by atoms with Crippen molar-refractivity contribution in [3.05, 3.63) is 17.0 Å². The Hall–Kier alpha value is -1.52. The average molecular weight is 306 g/mol. The number of hydrogen-bond acceptors (Lipinski definition) is 3. The third kappa shape index (κ3) is 2.85. The normalized spacial score (nSPS) is 20.0. The van der Waals surface area contributed by atoms with E-state index in [9.17, 15) is 0 Å². The molecule has 0 amide bonds. The van der Waals surface area contributed by atoms with Crippen molar-refractivity contribution in [1.29, 1.82) is 0 Å². The average Bonchev–Trinajstić information content (AvgIpc) is 2.75. The first-order valence-electron chi connectivity index (χ1n) is 8.18. The van der Waals surface area contributed by atoms with Gasteiger partial charge in [-0.05, 0) is 41.0 Å². The fourth-order valence-corrected chi connectivity index (χ4v) is 2.93. The molecule has 1 aromatic rings. The second-order valence-corrected chi connectivity index (χ2v) is 7.32. The zero-order valence-corrected chi connectivity index (χ0v) is 15.1. The molecule has 1 aliphatic rings. The van der Waals surface area contributed by atoms with E-state index in [4.69, 9.17) is 9.52 Å². The fraction of sp³-hybridized carbons (Fsp3) is 0.765. The lowest BCUT2D eigenvalue weighted by molar-refractivity contribution is -0.0667. The molecule has 1 saturated heterocycles. The molecule has 2 heterocycles. The Kier molecular flexibility index (Phi) is 4.54. The lowest BCUT2D eigenvalue weighted by Crippen LogP contribution is -2.72.